The lowest BCUT2D eigenvalue weighted by atomic mass is 10.2. The zero-order valence-electron chi connectivity index (χ0n) is 10.6. The molecule has 0 saturated carbocycles. The van der Waals surface area contributed by atoms with Gasteiger partial charge in [-0.15, -0.1) is 0 Å². The Morgan fingerprint density at radius 3 is 2.39 bits per heavy atom. The smallest absolute Gasteiger partial charge is 0.338 e. The fourth-order valence-electron chi connectivity index (χ4n) is 1.31. The fourth-order valence-corrected chi connectivity index (χ4v) is 1.31. The standard InChI is InChI=1S/C13H17NO4/c1-3-17-8-9-18-13(16)11-4-6-12(7-5-11)14-10(2)15/h4-7H,3,8-9H2,1-2H3,(H,14,15). The van der Waals surface area contributed by atoms with Gasteiger partial charge in [0, 0.05) is 19.2 Å². The number of amides is 1. The molecule has 0 heterocycles. The summed E-state index contributed by atoms with van der Waals surface area (Å²) < 4.78 is 10.1. The number of rotatable bonds is 6. The van der Waals surface area contributed by atoms with E-state index in [4.69, 9.17) is 9.47 Å². The van der Waals surface area contributed by atoms with Crippen LogP contribution in [-0.4, -0.2) is 31.7 Å². The highest BCUT2D eigenvalue weighted by Crippen LogP contribution is 2.10. The first-order valence-electron chi connectivity index (χ1n) is 5.76. The number of carbonyl (C=O) groups excluding carboxylic acids is 2. The van der Waals surface area contributed by atoms with E-state index in [0.717, 1.165) is 0 Å². The molecule has 1 aromatic carbocycles. The zero-order valence-corrected chi connectivity index (χ0v) is 10.6. The zero-order chi connectivity index (χ0) is 13.4. The largest absolute Gasteiger partial charge is 0.460 e. The number of benzene rings is 1. The highest BCUT2D eigenvalue weighted by atomic mass is 16.6. The molecule has 1 amide bonds. The van der Waals surface area contributed by atoms with Crippen molar-refractivity contribution in [2.45, 2.75) is 13.8 Å². The van der Waals surface area contributed by atoms with Crippen molar-refractivity contribution in [3.63, 3.8) is 0 Å². The summed E-state index contributed by atoms with van der Waals surface area (Å²) in [5.74, 6) is -0.550. The molecule has 0 saturated heterocycles. The molecule has 0 spiro atoms. The average Bonchev–Trinajstić information content (AvgIpc) is 2.34. The van der Waals surface area contributed by atoms with Crippen LogP contribution in [0.25, 0.3) is 0 Å². The maximum Gasteiger partial charge on any atom is 0.338 e. The third kappa shape index (κ3) is 4.97. The van der Waals surface area contributed by atoms with E-state index in [1.807, 2.05) is 6.92 Å². The summed E-state index contributed by atoms with van der Waals surface area (Å²) in [6.07, 6.45) is 0. The summed E-state index contributed by atoms with van der Waals surface area (Å²) in [6.45, 7) is 4.54. The monoisotopic (exact) mass is 251 g/mol. The van der Waals surface area contributed by atoms with Gasteiger partial charge in [-0.2, -0.15) is 0 Å². The topological polar surface area (TPSA) is 64.6 Å². The normalized spacial score (nSPS) is 9.89. The second-order valence-corrected chi connectivity index (χ2v) is 3.59. The van der Waals surface area contributed by atoms with Gasteiger partial charge in [-0.1, -0.05) is 0 Å². The van der Waals surface area contributed by atoms with Crippen LogP contribution in [0.5, 0.6) is 0 Å². The average molecular weight is 251 g/mol. The minimum atomic E-state index is -0.399. The molecule has 0 unspecified atom stereocenters. The van der Waals surface area contributed by atoms with Crippen molar-refractivity contribution in [2.24, 2.45) is 0 Å². The lowest BCUT2D eigenvalue weighted by molar-refractivity contribution is -0.114. The Kier molecular flexibility index (Phi) is 5.87. The van der Waals surface area contributed by atoms with Gasteiger partial charge in [-0.05, 0) is 31.2 Å². The SMILES string of the molecule is CCOCCOC(=O)c1ccc(NC(C)=O)cc1. The van der Waals surface area contributed by atoms with Crippen molar-refractivity contribution in [3.05, 3.63) is 29.8 Å². The van der Waals surface area contributed by atoms with Crippen LogP contribution >= 0.6 is 0 Å². The summed E-state index contributed by atoms with van der Waals surface area (Å²) >= 11 is 0. The molecule has 0 aromatic heterocycles. The van der Waals surface area contributed by atoms with E-state index in [-0.39, 0.29) is 12.5 Å². The quantitative estimate of drug-likeness (QED) is 0.619. The number of hydrogen-bond acceptors (Lipinski definition) is 4. The molecule has 1 aromatic rings. The molecule has 1 N–H and O–H groups in total. The number of anilines is 1. The third-order valence-electron chi connectivity index (χ3n) is 2.11. The predicted octanol–water partition coefficient (Wildman–Crippen LogP) is 1.84. The second-order valence-electron chi connectivity index (χ2n) is 3.59. The first-order chi connectivity index (χ1) is 8.63. The van der Waals surface area contributed by atoms with Gasteiger partial charge in [0.2, 0.25) is 5.91 Å². The van der Waals surface area contributed by atoms with Crippen molar-refractivity contribution in [1.29, 1.82) is 0 Å². The van der Waals surface area contributed by atoms with Gasteiger partial charge in [-0.25, -0.2) is 4.79 Å². The molecule has 0 fully saturated rings. The summed E-state index contributed by atoms with van der Waals surface area (Å²) in [4.78, 5) is 22.4. The van der Waals surface area contributed by atoms with Crippen LogP contribution in [0.2, 0.25) is 0 Å². The number of hydrogen-bond donors (Lipinski definition) is 1. The summed E-state index contributed by atoms with van der Waals surface area (Å²) in [5.41, 5.74) is 1.09. The van der Waals surface area contributed by atoms with E-state index in [1.54, 1.807) is 24.3 Å². The number of carbonyl (C=O) groups is 2. The molecule has 0 aliphatic carbocycles. The highest BCUT2D eigenvalue weighted by molar-refractivity contribution is 5.92. The lowest BCUT2D eigenvalue weighted by Gasteiger charge is -2.06. The molecule has 0 aliphatic heterocycles. The molecule has 98 valence electrons. The van der Waals surface area contributed by atoms with Crippen LogP contribution in [0.3, 0.4) is 0 Å². The molecule has 0 bridgehead atoms. The molecule has 18 heavy (non-hydrogen) atoms. The first kappa shape index (κ1) is 14.2. The van der Waals surface area contributed by atoms with Crippen LogP contribution in [0.4, 0.5) is 5.69 Å². The molecule has 0 atom stereocenters. The Balaban J connectivity index is 2.46. The summed E-state index contributed by atoms with van der Waals surface area (Å²) in [6, 6.07) is 6.52. The van der Waals surface area contributed by atoms with Gasteiger partial charge in [0.15, 0.2) is 0 Å². The number of esters is 1. The van der Waals surface area contributed by atoms with Gasteiger partial charge in [0.1, 0.15) is 6.61 Å². The first-order valence-corrected chi connectivity index (χ1v) is 5.76. The molecule has 0 aliphatic rings. The predicted molar refractivity (Wildman–Crippen MR) is 67.5 cm³/mol. The van der Waals surface area contributed by atoms with E-state index < -0.39 is 5.97 Å². The van der Waals surface area contributed by atoms with Crippen LogP contribution in [0, 0.1) is 0 Å². The number of ether oxygens (including phenoxy) is 2. The second kappa shape index (κ2) is 7.45. The number of nitrogens with one attached hydrogen (secondary N) is 1. The van der Waals surface area contributed by atoms with Crippen LogP contribution in [0.15, 0.2) is 24.3 Å². The van der Waals surface area contributed by atoms with Gasteiger partial charge >= 0.3 is 5.97 Å². The van der Waals surface area contributed by atoms with Crippen molar-refractivity contribution >= 4 is 17.6 Å². The van der Waals surface area contributed by atoms with Crippen molar-refractivity contribution in [1.82, 2.24) is 0 Å². The summed E-state index contributed by atoms with van der Waals surface area (Å²) in [7, 11) is 0. The Bertz CT molecular complexity index is 400. The van der Waals surface area contributed by atoms with Crippen LogP contribution in [0.1, 0.15) is 24.2 Å². The molecular weight excluding hydrogens is 234 g/mol. The molecule has 0 radical (unpaired) electrons. The highest BCUT2D eigenvalue weighted by Gasteiger charge is 2.06. The van der Waals surface area contributed by atoms with Crippen LogP contribution in [-0.2, 0) is 14.3 Å². The Labute approximate surface area is 106 Å². The van der Waals surface area contributed by atoms with Gasteiger partial charge in [-0.3, -0.25) is 4.79 Å². The van der Waals surface area contributed by atoms with Crippen molar-refractivity contribution in [3.8, 4) is 0 Å². The third-order valence-corrected chi connectivity index (χ3v) is 2.11. The van der Waals surface area contributed by atoms with Gasteiger partial charge < -0.3 is 14.8 Å². The van der Waals surface area contributed by atoms with E-state index in [2.05, 4.69) is 5.32 Å². The molecule has 5 nitrogen and oxygen atoms in total. The minimum Gasteiger partial charge on any atom is -0.460 e. The van der Waals surface area contributed by atoms with Gasteiger partial charge in [0.25, 0.3) is 0 Å². The minimum absolute atomic E-state index is 0.151. The van der Waals surface area contributed by atoms with E-state index in [9.17, 15) is 9.59 Å². The van der Waals surface area contributed by atoms with Crippen molar-refractivity contribution in [2.75, 3.05) is 25.1 Å². The van der Waals surface area contributed by atoms with E-state index >= 15 is 0 Å². The summed E-state index contributed by atoms with van der Waals surface area (Å²) in [5, 5.41) is 2.62. The lowest BCUT2D eigenvalue weighted by Crippen LogP contribution is -2.11. The van der Waals surface area contributed by atoms with E-state index in [0.29, 0.717) is 24.5 Å². The Morgan fingerprint density at radius 2 is 1.83 bits per heavy atom. The molecular formula is C13H17NO4. The maximum atomic E-state index is 11.6. The Morgan fingerprint density at radius 1 is 1.17 bits per heavy atom. The van der Waals surface area contributed by atoms with E-state index in [1.165, 1.54) is 6.92 Å². The molecule has 1 rings (SSSR count). The fraction of sp³-hybridized carbons (Fsp3) is 0.385. The maximum absolute atomic E-state index is 11.6. The van der Waals surface area contributed by atoms with Gasteiger partial charge in [0.05, 0.1) is 12.2 Å². The Hall–Kier alpha value is -1.88. The van der Waals surface area contributed by atoms with Crippen LogP contribution < -0.4 is 5.32 Å². The van der Waals surface area contributed by atoms with Crippen molar-refractivity contribution < 1.29 is 19.1 Å². The molecule has 5 heteroatoms.